The Labute approximate surface area is 520 Å². The van der Waals surface area contributed by atoms with Crippen molar-refractivity contribution in [2.24, 2.45) is 0 Å². The first-order chi connectivity index (χ1) is 45.2. The molecule has 0 unspecified atom stereocenters. The maximum absolute atomic E-state index is 7.48. The Bertz CT molecular complexity index is 6030. The molecule has 1 aliphatic carbocycles. The van der Waals surface area contributed by atoms with Gasteiger partial charge in [0.25, 0.3) is 0 Å². The Morgan fingerprint density at radius 2 is 0.462 bits per heavy atom. The van der Waals surface area contributed by atoms with Crippen LogP contribution in [0.4, 0.5) is 0 Å². The SMILES string of the molecule is c1ccc2c(c1)c1ccccc1n2-c1ccc2c(c1)C1(c3cc(-n4c5ccccc5c5cc(-n6c7ccccc7c7ccccc76)ccc54)ccc3O2)c2cc(-n3c4ccccc4c4ccccc43)cnc2-c2ncc(-n3c4ccccc4c4ccccc43)cc21. The van der Waals surface area contributed by atoms with E-state index in [4.69, 9.17) is 14.7 Å². The summed E-state index contributed by atoms with van der Waals surface area (Å²) < 4.78 is 19.6. The highest BCUT2D eigenvalue weighted by molar-refractivity contribution is 6.14. The van der Waals surface area contributed by atoms with E-state index in [2.05, 4.69) is 320 Å². The lowest BCUT2D eigenvalue weighted by Crippen LogP contribution is -2.33. The van der Waals surface area contributed by atoms with Crippen molar-refractivity contribution >= 4 is 109 Å². The standard InChI is InChI=1S/C83H49N7O/c1-10-28-69-55(19-1)56-20-2-11-29-70(56)86(69)50-37-40-78-64(43-50)63-27-9-18-36-77(63)88(78)52-39-42-80-66(45-52)83(65-44-51(38-41-79(65)91-80)87-71-30-12-3-21-57(71)58-22-4-13-31-72(58)87)67-46-53(89-73-32-14-5-23-59(73)60-24-6-15-33-74(60)89)48-84-81(67)82-68(83)47-54(49-85-82)90-75-34-16-7-25-61(75)62-26-8-17-35-76(62)90/h1-49H. The van der Waals surface area contributed by atoms with Gasteiger partial charge in [-0.2, -0.15) is 0 Å². The zero-order valence-electron chi connectivity index (χ0n) is 48.8. The van der Waals surface area contributed by atoms with Gasteiger partial charge in [-0.25, -0.2) is 0 Å². The van der Waals surface area contributed by atoms with Gasteiger partial charge in [-0.15, -0.1) is 0 Å². The maximum atomic E-state index is 7.48. The number of rotatable bonds is 5. The van der Waals surface area contributed by atoms with Crippen LogP contribution in [0, 0.1) is 0 Å². The molecule has 19 aromatic rings. The van der Waals surface area contributed by atoms with Crippen molar-refractivity contribution in [3.63, 3.8) is 0 Å². The monoisotopic (exact) mass is 1160 g/mol. The zero-order valence-corrected chi connectivity index (χ0v) is 48.8. The van der Waals surface area contributed by atoms with Crippen molar-refractivity contribution in [3.8, 4) is 51.3 Å². The summed E-state index contributed by atoms with van der Waals surface area (Å²) in [6.45, 7) is 0. The minimum atomic E-state index is -1.08. The van der Waals surface area contributed by atoms with Crippen LogP contribution in [-0.4, -0.2) is 32.8 Å². The largest absolute Gasteiger partial charge is 0.457 e. The fraction of sp³-hybridized carbons (Fsp3) is 0.0120. The Hall–Kier alpha value is -12.3. The number of aromatic nitrogens is 7. The molecule has 0 radical (unpaired) electrons. The average molecular weight is 1160 g/mol. The van der Waals surface area contributed by atoms with Crippen LogP contribution in [0.2, 0.25) is 0 Å². The second-order valence-corrected chi connectivity index (χ2v) is 24.4. The van der Waals surface area contributed by atoms with Crippen LogP contribution in [-0.2, 0) is 5.41 Å². The average Bonchev–Trinajstić information content (AvgIpc) is 1.60. The fourth-order valence-corrected chi connectivity index (χ4v) is 16.3. The van der Waals surface area contributed by atoms with Gasteiger partial charge in [0.1, 0.15) is 11.5 Å². The quantitative estimate of drug-likeness (QED) is 0.173. The summed E-state index contributed by atoms with van der Waals surface area (Å²) in [5.41, 5.74) is 20.9. The molecule has 8 heteroatoms. The predicted octanol–water partition coefficient (Wildman–Crippen LogP) is 20.4. The van der Waals surface area contributed by atoms with Crippen molar-refractivity contribution < 1.29 is 4.74 Å². The lowest BCUT2D eigenvalue weighted by molar-refractivity contribution is 0.436. The lowest BCUT2D eigenvalue weighted by Gasteiger charge is -2.39. The highest BCUT2D eigenvalue weighted by Gasteiger charge is 2.54. The molecule has 0 N–H and O–H groups in total. The number of hydrogen-bond donors (Lipinski definition) is 0. The van der Waals surface area contributed by atoms with Gasteiger partial charge in [0, 0.05) is 93.2 Å². The Balaban J connectivity index is 0.884. The van der Waals surface area contributed by atoms with E-state index in [0.29, 0.717) is 0 Å². The highest BCUT2D eigenvalue weighted by Crippen LogP contribution is 2.63. The van der Waals surface area contributed by atoms with Crippen molar-refractivity contribution in [1.82, 2.24) is 32.8 Å². The number of nitrogens with zero attached hydrogens (tertiary/aromatic N) is 7. The van der Waals surface area contributed by atoms with Crippen molar-refractivity contribution in [2.45, 2.75) is 5.41 Å². The molecule has 91 heavy (non-hydrogen) atoms. The number of para-hydroxylation sites is 9. The Morgan fingerprint density at radius 1 is 0.220 bits per heavy atom. The van der Waals surface area contributed by atoms with Crippen LogP contribution in [0.1, 0.15) is 22.3 Å². The molecule has 12 aromatic carbocycles. The van der Waals surface area contributed by atoms with Gasteiger partial charge >= 0.3 is 0 Å². The second-order valence-electron chi connectivity index (χ2n) is 24.4. The maximum Gasteiger partial charge on any atom is 0.132 e. The molecule has 0 atom stereocenters. The minimum Gasteiger partial charge on any atom is -0.457 e. The number of hydrogen-bond acceptors (Lipinski definition) is 3. The fourth-order valence-electron chi connectivity index (χ4n) is 16.3. The van der Waals surface area contributed by atoms with Gasteiger partial charge in [0.15, 0.2) is 0 Å². The molecule has 0 fully saturated rings. The smallest absolute Gasteiger partial charge is 0.132 e. The molecule has 422 valence electrons. The first kappa shape index (κ1) is 48.8. The topological polar surface area (TPSA) is 59.7 Å². The number of pyridine rings is 2. The normalized spacial score (nSPS) is 13.2. The van der Waals surface area contributed by atoms with Crippen LogP contribution >= 0.6 is 0 Å². The first-order valence-corrected chi connectivity index (χ1v) is 31.1. The third kappa shape index (κ3) is 6.41. The van der Waals surface area contributed by atoms with E-state index in [1.807, 2.05) is 0 Å². The van der Waals surface area contributed by atoms with Gasteiger partial charge < -0.3 is 27.6 Å². The van der Waals surface area contributed by atoms with Gasteiger partial charge in [0.05, 0.1) is 95.7 Å². The Morgan fingerprint density at radius 3 is 0.780 bits per heavy atom. The molecule has 7 aromatic heterocycles. The molecule has 0 saturated heterocycles. The van der Waals surface area contributed by atoms with Crippen molar-refractivity contribution in [1.29, 1.82) is 0 Å². The lowest BCUT2D eigenvalue weighted by atomic mass is 9.66. The van der Waals surface area contributed by atoms with E-state index < -0.39 is 5.41 Å². The first-order valence-electron chi connectivity index (χ1n) is 31.1. The second kappa shape index (κ2) is 17.9. The molecular weight excluding hydrogens is 1110 g/mol. The summed E-state index contributed by atoms with van der Waals surface area (Å²) in [5, 5.41) is 11.9. The van der Waals surface area contributed by atoms with Gasteiger partial charge in [-0.05, 0) is 121 Å². The van der Waals surface area contributed by atoms with Gasteiger partial charge in [-0.3, -0.25) is 9.97 Å². The third-order valence-corrected chi connectivity index (χ3v) is 20.0. The summed E-state index contributed by atoms with van der Waals surface area (Å²) in [7, 11) is 0. The number of benzene rings is 12. The van der Waals surface area contributed by atoms with Gasteiger partial charge in [0.2, 0.25) is 0 Å². The molecule has 1 aliphatic heterocycles. The number of ether oxygens (including phenoxy) is 1. The number of fused-ring (bicyclic) bond motifs is 24. The highest BCUT2D eigenvalue weighted by atomic mass is 16.5. The molecule has 2 aliphatic rings. The summed E-state index contributed by atoms with van der Waals surface area (Å²) in [5.74, 6) is 1.53. The summed E-state index contributed by atoms with van der Waals surface area (Å²) in [6, 6.07) is 104. The molecule has 8 heterocycles. The molecule has 1 spiro atoms. The van der Waals surface area contributed by atoms with Gasteiger partial charge in [-0.1, -0.05) is 164 Å². The summed E-state index contributed by atoms with van der Waals surface area (Å²) in [6.07, 6.45) is 4.11. The Kier molecular flexibility index (Phi) is 9.62. The summed E-state index contributed by atoms with van der Waals surface area (Å²) in [4.78, 5) is 11.4. The van der Waals surface area contributed by atoms with Crippen LogP contribution in [0.5, 0.6) is 11.5 Å². The molecule has 0 bridgehead atoms. The molecule has 8 nitrogen and oxygen atoms in total. The van der Waals surface area contributed by atoms with Crippen LogP contribution in [0.25, 0.3) is 149 Å². The van der Waals surface area contributed by atoms with E-state index in [-0.39, 0.29) is 0 Å². The molecule has 0 saturated carbocycles. The van der Waals surface area contributed by atoms with Crippen LogP contribution in [0.15, 0.2) is 298 Å². The third-order valence-electron chi connectivity index (χ3n) is 20.0. The molecular formula is C83H49N7O. The van der Waals surface area contributed by atoms with E-state index >= 15 is 0 Å². The molecule has 21 rings (SSSR count). The van der Waals surface area contributed by atoms with Crippen LogP contribution in [0.3, 0.4) is 0 Å². The van der Waals surface area contributed by atoms with Crippen LogP contribution < -0.4 is 4.74 Å². The summed E-state index contributed by atoms with van der Waals surface area (Å²) >= 11 is 0. The minimum absolute atomic E-state index is 0.763. The predicted molar refractivity (Wildman–Crippen MR) is 371 cm³/mol. The van der Waals surface area contributed by atoms with Crippen molar-refractivity contribution in [2.75, 3.05) is 0 Å². The zero-order chi connectivity index (χ0) is 59.2. The molecule has 0 amide bonds. The van der Waals surface area contributed by atoms with E-state index in [1.54, 1.807) is 0 Å². The van der Waals surface area contributed by atoms with E-state index in [0.717, 1.165) is 123 Å². The van der Waals surface area contributed by atoms with E-state index in [1.165, 1.54) is 59.5 Å². The van der Waals surface area contributed by atoms with E-state index in [9.17, 15) is 0 Å². The van der Waals surface area contributed by atoms with Crippen molar-refractivity contribution in [3.05, 3.63) is 320 Å².